The standard InChI is InChI=1S/C9H17NO4S/c1-14-8-4-3-7(5-8)10-9(11)6-15(2,12)13/h7-8H,3-6H2,1-2H3,(H,10,11). The van der Waals surface area contributed by atoms with Crippen LogP contribution in [0.4, 0.5) is 0 Å². The summed E-state index contributed by atoms with van der Waals surface area (Å²) >= 11 is 0. The molecule has 1 aliphatic carbocycles. The summed E-state index contributed by atoms with van der Waals surface area (Å²) in [4.78, 5) is 11.3. The van der Waals surface area contributed by atoms with Gasteiger partial charge in [0.2, 0.25) is 5.91 Å². The van der Waals surface area contributed by atoms with Gasteiger partial charge >= 0.3 is 0 Å². The van der Waals surface area contributed by atoms with Crippen molar-refractivity contribution < 1.29 is 17.9 Å². The zero-order valence-corrected chi connectivity index (χ0v) is 9.84. The fraction of sp³-hybridized carbons (Fsp3) is 0.889. The van der Waals surface area contributed by atoms with E-state index in [1.165, 1.54) is 0 Å². The van der Waals surface area contributed by atoms with Gasteiger partial charge in [-0.15, -0.1) is 0 Å². The SMILES string of the molecule is COC1CCC(NC(=O)CS(C)(=O)=O)C1. The second kappa shape index (κ2) is 4.94. The number of sulfone groups is 1. The Bertz CT molecular complexity index is 325. The molecule has 0 spiro atoms. The lowest BCUT2D eigenvalue weighted by atomic mass is 10.2. The van der Waals surface area contributed by atoms with Crippen molar-refractivity contribution in [2.45, 2.75) is 31.4 Å². The molecule has 0 radical (unpaired) electrons. The number of rotatable bonds is 4. The zero-order chi connectivity index (χ0) is 11.5. The maximum Gasteiger partial charge on any atom is 0.235 e. The third-order valence-electron chi connectivity index (χ3n) is 2.48. The molecule has 0 aromatic rings. The molecule has 1 amide bonds. The van der Waals surface area contributed by atoms with Crippen LogP contribution < -0.4 is 5.32 Å². The fourth-order valence-electron chi connectivity index (χ4n) is 1.79. The first kappa shape index (κ1) is 12.4. The van der Waals surface area contributed by atoms with Crippen LogP contribution in [-0.2, 0) is 19.4 Å². The Labute approximate surface area is 90.1 Å². The number of nitrogens with one attached hydrogen (secondary N) is 1. The highest BCUT2D eigenvalue weighted by atomic mass is 32.2. The molecule has 2 unspecified atom stereocenters. The highest BCUT2D eigenvalue weighted by Gasteiger charge is 2.26. The quantitative estimate of drug-likeness (QED) is 0.727. The molecule has 1 fully saturated rings. The minimum absolute atomic E-state index is 0.0594. The average Bonchev–Trinajstić information content (AvgIpc) is 2.48. The third kappa shape index (κ3) is 4.61. The predicted molar refractivity (Wildman–Crippen MR) is 56.3 cm³/mol. The molecule has 0 aromatic carbocycles. The van der Waals surface area contributed by atoms with Crippen molar-refractivity contribution >= 4 is 15.7 Å². The van der Waals surface area contributed by atoms with Crippen molar-refractivity contribution in [2.24, 2.45) is 0 Å². The summed E-state index contributed by atoms with van der Waals surface area (Å²) in [5.41, 5.74) is 0. The molecule has 1 saturated carbocycles. The Morgan fingerprint density at radius 1 is 1.47 bits per heavy atom. The molecule has 88 valence electrons. The second-order valence-corrected chi connectivity index (χ2v) is 6.15. The molecular weight excluding hydrogens is 218 g/mol. The zero-order valence-electron chi connectivity index (χ0n) is 9.02. The average molecular weight is 235 g/mol. The van der Waals surface area contributed by atoms with Crippen LogP contribution >= 0.6 is 0 Å². The largest absolute Gasteiger partial charge is 0.381 e. The lowest BCUT2D eigenvalue weighted by Gasteiger charge is -2.12. The summed E-state index contributed by atoms with van der Waals surface area (Å²) in [7, 11) is -1.58. The lowest BCUT2D eigenvalue weighted by molar-refractivity contribution is -0.119. The van der Waals surface area contributed by atoms with E-state index in [0.717, 1.165) is 25.5 Å². The highest BCUT2D eigenvalue weighted by molar-refractivity contribution is 7.91. The van der Waals surface area contributed by atoms with Gasteiger partial charge < -0.3 is 10.1 Å². The van der Waals surface area contributed by atoms with E-state index in [1.807, 2.05) is 0 Å². The molecule has 0 aromatic heterocycles. The van der Waals surface area contributed by atoms with Crippen LogP contribution in [0.5, 0.6) is 0 Å². The van der Waals surface area contributed by atoms with Crippen molar-refractivity contribution in [3.8, 4) is 0 Å². The first-order chi connectivity index (χ1) is 6.90. The Morgan fingerprint density at radius 3 is 2.60 bits per heavy atom. The van der Waals surface area contributed by atoms with E-state index >= 15 is 0 Å². The van der Waals surface area contributed by atoms with E-state index in [1.54, 1.807) is 7.11 Å². The van der Waals surface area contributed by atoms with Crippen LogP contribution in [0.3, 0.4) is 0 Å². The van der Waals surface area contributed by atoms with Crippen LogP contribution in [0.25, 0.3) is 0 Å². The molecule has 0 heterocycles. The van der Waals surface area contributed by atoms with Crippen LogP contribution in [-0.4, -0.2) is 45.6 Å². The molecular formula is C9H17NO4S. The van der Waals surface area contributed by atoms with Crippen molar-refractivity contribution in [1.82, 2.24) is 5.32 Å². The second-order valence-electron chi connectivity index (χ2n) is 4.01. The normalized spacial score (nSPS) is 26.5. The highest BCUT2D eigenvalue weighted by Crippen LogP contribution is 2.21. The molecule has 6 heteroatoms. The first-order valence-corrected chi connectivity index (χ1v) is 6.96. The van der Waals surface area contributed by atoms with Crippen molar-refractivity contribution in [3.05, 3.63) is 0 Å². The summed E-state index contributed by atoms with van der Waals surface area (Å²) in [5, 5.41) is 2.70. The van der Waals surface area contributed by atoms with Gasteiger partial charge in [0, 0.05) is 19.4 Å². The molecule has 2 atom stereocenters. The molecule has 0 aliphatic heterocycles. The van der Waals surface area contributed by atoms with Crippen LogP contribution in [0.1, 0.15) is 19.3 Å². The van der Waals surface area contributed by atoms with E-state index < -0.39 is 21.5 Å². The number of hydrogen-bond donors (Lipinski definition) is 1. The Balaban J connectivity index is 2.34. The van der Waals surface area contributed by atoms with Crippen LogP contribution in [0, 0.1) is 0 Å². The van der Waals surface area contributed by atoms with E-state index in [0.29, 0.717) is 0 Å². The van der Waals surface area contributed by atoms with E-state index in [4.69, 9.17) is 4.74 Å². The van der Waals surface area contributed by atoms with E-state index in [-0.39, 0.29) is 12.1 Å². The first-order valence-electron chi connectivity index (χ1n) is 4.90. The maximum atomic E-state index is 11.3. The van der Waals surface area contributed by atoms with Gasteiger partial charge in [-0.25, -0.2) is 8.42 Å². The fourth-order valence-corrected chi connectivity index (χ4v) is 2.35. The molecule has 1 rings (SSSR count). The van der Waals surface area contributed by atoms with Gasteiger partial charge in [0.25, 0.3) is 0 Å². The number of hydrogen-bond acceptors (Lipinski definition) is 4. The molecule has 1 aliphatic rings. The lowest BCUT2D eigenvalue weighted by Crippen LogP contribution is -2.37. The summed E-state index contributed by atoms with van der Waals surface area (Å²) in [6.45, 7) is 0. The number of amides is 1. The topological polar surface area (TPSA) is 72.5 Å². The summed E-state index contributed by atoms with van der Waals surface area (Å²) in [6, 6.07) is 0.0594. The van der Waals surface area contributed by atoms with Gasteiger partial charge in [0.05, 0.1) is 6.10 Å². The third-order valence-corrected chi connectivity index (χ3v) is 3.26. The minimum atomic E-state index is -3.23. The number of methoxy groups -OCH3 is 1. The molecule has 0 bridgehead atoms. The monoisotopic (exact) mass is 235 g/mol. The van der Waals surface area contributed by atoms with E-state index in [2.05, 4.69) is 5.32 Å². The summed E-state index contributed by atoms with van der Waals surface area (Å²) in [6.07, 6.45) is 3.79. The minimum Gasteiger partial charge on any atom is -0.381 e. The molecule has 1 N–H and O–H groups in total. The summed E-state index contributed by atoms with van der Waals surface area (Å²) in [5.74, 6) is -0.847. The Morgan fingerprint density at radius 2 is 2.13 bits per heavy atom. The Kier molecular flexibility index (Phi) is 4.10. The van der Waals surface area contributed by atoms with E-state index in [9.17, 15) is 13.2 Å². The van der Waals surface area contributed by atoms with Gasteiger partial charge in [0.15, 0.2) is 9.84 Å². The van der Waals surface area contributed by atoms with Gasteiger partial charge in [-0.3, -0.25) is 4.79 Å². The van der Waals surface area contributed by atoms with Crippen LogP contribution in [0.2, 0.25) is 0 Å². The van der Waals surface area contributed by atoms with Gasteiger partial charge in [-0.05, 0) is 19.3 Å². The van der Waals surface area contributed by atoms with Crippen molar-refractivity contribution in [1.29, 1.82) is 0 Å². The van der Waals surface area contributed by atoms with Crippen LogP contribution in [0.15, 0.2) is 0 Å². The smallest absolute Gasteiger partial charge is 0.235 e. The number of ether oxygens (including phenoxy) is 1. The Hall–Kier alpha value is -0.620. The molecule has 0 saturated heterocycles. The molecule has 5 nitrogen and oxygen atoms in total. The summed E-state index contributed by atoms with van der Waals surface area (Å²) < 4.78 is 26.9. The number of carbonyl (C=O) groups excluding carboxylic acids is 1. The van der Waals surface area contributed by atoms with Gasteiger partial charge in [-0.2, -0.15) is 0 Å². The van der Waals surface area contributed by atoms with Crippen molar-refractivity contribution in [2.75, 3.05) is 19.1 Å². The molecule has 15 heavy (non-hydrogen) atoms. The number of carbonyl (C=O) groups is 1. The predicted octanol–water partition coefficient (Wildman–Crippen LogP) is -0.285. The van der Waals surface area contributed by atoms with Gasteiger partial charge in [0.1, 0.15) is 5.75 Å². The maximum absolute atomic E-state index is 11.3. The van der Waals surface area contributed by atoms with Gasteiger partial charge in [-0.1, -0.05) is 0 Å². The van der Waals surface area contributed by atoms with Crippen molar-refractivity contribution in [3.63, 3.8) is 0 Å².